The van der Waals surface area contributed by atoms with Gasteiger partial charge < -0.3 is 10.0 Å². The first-order valence-electron chi connectivity index (χ1n) is 6.05. The molecule has 0 bridgehead atoms. The molecule has 2 aromatic rings. The molecule has 0 saturated carbocycles. The van der Waals surface area contributed by atoms with Crippen molar-refractivity contribution < 1.29 is 9.90 Å². The molecular weight excluding hydrogens is 262 g/mol. The molecule has 96 valence electrons. The molecule has 19 heavy (non-hydrogen) atoms. The van der Waals surface area contributed by atoms with Gasteiger partial charge in [-0.25, -0.2) is 0 Å². The average molecular weight is 274 g/mol. The van der Waals surface area contributed by atoms with Crippen LogP contribution >= 0.6 is 11.6 Å². The van der Waals surface area contributed by atoms with Gasteiger partial charge in [0.1, 0.15) is 5.75 Å². The summed E-state index contributed by atoms with van der Waals surface area (Å²) >= 11 is 6.04. The number of amides is 1. The van der Waals surface area contributed by atoms with Crippen LogP contribution in [0.1, 0.15) is 15.9 Å². The van der Waals surface area contributed by atoms with Crippen molar-refractivity contribution >= 4 is 23.2 Å². The number of fused-ring (bicyclic) bond motifs is 1. The zero-order valence-electron chi connectivity index (χ0n) is 10.1. The van der Waals surface area contributed by atoms with Crippen LogP contribution in [0.15, 0.2) is 42.5 Å². The second-order valence-electron chi connectivity index (χ2n) is 4.50. The third-order valence-corrected chi connectivity index (χ3v) is 3.64. The lowest BCUT2D eigenvalue weighted by molar-refractivity contribution is 0.0989. The average Bonchev–Trinajstić information content (AvgIpc) is 2.84. The Hall–Kier alpha value is -2.00. The highest BCUT2D eigenvalue weighted by molar-refractivity contribution is 6.34. The molecule has 1 aliphatic rings. The fourth-order valence-electron chi connectivity index (χ4n) is 2.37. The standard InChI is InChI=1S/C15H12ClNO2/c16-13-6-5-11(18)9-12(13)15(19)17-8-7-10-3-1-2-4-14(10)17/h1-6,9,18H,7-8H2. The van der Waals surface area contributed by atoms with E-state index in [4.69, 9.17) is 11.6 Å². The van der Waals surface area contributed by atoms with E-state index in [1.165, 1.54) is 18.2 Å². The number of hydrogen-bond acceptors (Lipinski definition) is 2. The molecule has 4 heteroatoms. The number of carbonyl (C=O) groups excluding carboxylic acids is 1. The van der Waals surface area contributed by atoms with Gasteiger partial charge in [-0.1, -0.05) is 29.8 Å². The maximum absolute atomic E-state index is 12.5. The second kappa shape index (κ2) is 4.59. The van der Waals surface area contributed by atoms with E-state index in [1.807, 2.05) is 24.3 Å². The lowest BCUT2D eigenvalue weighted by Crippen LogP contribution is -2.29. The van der Waals surface area contributed by atoms with E-state index in [0.29, 0.717) is 17.1 Å². The quantitative estimate of drug-likeness (QED) is 0.866. The van der Waals surface area contributed by atoms with E-state index in [0.717, 1.165) is 17.7 Å². The number of halogens is 1. The monoisotopic (exact) mass is 273 g/mol. The van der Waals surface area contributed by atoms with Crippen LogP contribution in [-0.4, -0.2) is 17.6 Å². The number of benzene rings is 2. The van der Waals surface area contributed by atoms with E-state index < -0.39 is 0 Å². The van der Waals surface area contributed by atoms with Crippen molar-refractivity contribution in [1.29, 1.82) is 0 Å². The Labute approximate surface area is 116 Å². The molecule has 0 spiro atoms. The van der Waals surface area contributed by atoms with Crippen LogP contribution in [0.2, 0.25) is 5.02 Å². The van der Waals surface area contributed by atoms with Crippen molar-refractivity contribution in [2.75, 3.05) is 11.4 Å². The third-order valence-electron chi connectivity index (χ3n) is 3.31. The summed E-state index contributed by atoms with van der Waals surface area (Å²) in [7, 11) is 0. The first kappa shape index (κ1) is 12.1. The van der Waals surface area contributed by atoms with Crippen molar-refractivity contribution in [3.05, 3.63) is 58.6 Å². The topological polar surface area (TPSA) is 40.5 Å². The van der Waals surface area contributed by atoms with Crippen LogP contribution in [0, 0.1) is 0 Å². The number of phenolic OH excluding ortho intramolecular Hbond substituents is 1. The molecule has 0 aromatic heterocycles. The number of nitrogens with zero attached hydrogens (tertiary/aromatic N) is 1. The summed E-state index contributed by atoms with van der Waals surface area (Å²) in [6.45, 7) is 0.643. The van der Waals surface area contributed by atoms with E-state index in [9.17, 15) is 9.90 Å². The minimum absolute atomic E-state index is 0.0419. The highest BCUT2D eigenvalue weighted by atomic mass is 35.5. The van der Waals surface area contributed by atoms with Gasteiger partial charge in [0.05, 0.1) is 10.6 Å². The molecule has 0 aliphatic carbocycles. The van der Waals surface area contributed by atoms with Crippen molar-refractivity contribution in [2.24, 2.45) is 0 Å². The zero-order chi connectivity index (χ0) is 13.4. The summed E-state index contributed by atoms with van der Waals surface area (Å²) in [6.07, 6.45) is 0.846. The van der Waals surface area contributed by atoms with Gasteiger partial charge in [-0.05, 0) is 36.2 Å². The van der Waals surface area contributed by atoms with Crippen molar-refractivity contribution in [3.8, 4) is 5.75 Å². The Morgan fingerprint density at radius 1 is 1.21 bits per heavy atom. The molecule has 0 atom stereocenters. The molecule has 1 N–H and O–H groups in total. The van der Waals surface area contributed by atoms with Crippen LogP contribution in [0.4, 0.5) is 5.69 Å². The summed E-state index contributed by atoms with van der Waals surface area (Å²) in [6, 6.07) is 12.2. The van der Waals surface area contributed by atoms with Gasteiger partial charge in [-0.3, -0.25) is 4.79 Å². The van der Waals surface area contributed by atoms with E-state index in [-0.39, 0.29) is 11.7 Å². The first-order valence-corrected chi connectivity index (χ1v) is 6.43. The zero-order valence-corrected chi connectivity index (χ0v) is 10.9. The minimum Gasteiger partial charge on any atom is -0.508 e. The molecular formula is C15H12ClNO2. The van der Waals surface area contributed by atoms with Gasteiger partial charge in [-0.2, -0.15) is 0 Å². The van der Waals surface area contributed by atoms with E-state index in [1.54, 1.807) is 4.90 Å². The molecule has 0 unspecified atom stereocenters. The summed E-state index contributed by atoms with van der Waals surface area (Å²) in [5.41, 5.74) is 2.41. The number of para-hydroxylation sites is 1. The lowest BCUT2D eigenvalue weighted by atomic mass is 10.1. The van der Waals surface area contributed by atoms with Crippen molar-refractivity contribution in [1.82, 2.24) is 0 Å². The summed E-state index contributed by atoms with van der Waals surface area (Å²) in [4.78, 5) is 14.2. The van der Waals surface area contributed by atoms with Crippen LogP contribution in [-0.2, 0) is 6.42 Å². The number of hydrogen-bond donors (Lipinski definition) is 1. The van der Waals surface area contributed by atoms with Gasteiger partial charge in [0.15, 0.2) is 0 Å². The third kappa shape index (κ3) is 2.06. The van der Waals surface area contributed by atoms with Gasteiger partial charge in [0, 0.05) is 12.2 Å². The van der Waals surface area contributed by atoms with Gasteiger partial charge in [0.25, 0.3) is 5.91 Å². The number of carbonyl (C=O) groups is 1. The van der Waals surface area contributed by atoms with Crippen LogP contribution in [0.5, 0.6) is 5.75 Å². The fourth-order valence-corrected chi connectivity index (χ4v) is 2.57. The Morgan fingerprint density at radius 2 is 2.00 bits per heavy atom. The Bertz CT molecular complexity index is 654. The molecule has 2 aromatic carbocycles. The normalized spacial score (nSPS) is 13.4. The summed E-state index contributed by atoms with van der Waals surface area (Å²) in [5, 5.41) is 9.85. The SMILES string of the molecule is O=C(c1cc(O)ccc1Cl)N1CCc2ccccc21. The highest BCUT2D eigenvalue weighted by Crippen LogP contribution is 2.31. The molecule has 3 rings (SSSR count). The number of anilines is 1. The predicted octanol–water partition coefficient (Wildman–Crippen LogP) is 3.25. The maximum atomic E-state index is 12.5. The number of aromatic hydroxyl groups is 1. The van der Waals surface area contributed by atoms with Gasteiger partial charge in [-0.15, -0.1) is 0 Å². The largest absolute Gasteiger partial charge is 0.508 e. The predicted molar refractivity (Wildman–Crippen MR) is 74.9 cm³/mol. The van der Waals surface area contributed by atoms with Crippen molar-refractivity contribution in [3.63, 3.8) is 0 Å². The number of phenols is 1. The van der Waals surface area contributed by atoms with Crippen LogP contribution in [0.25, 0.3) is 0 Å². The summed E-state index contributed by atoms with van der Waals surface area (Å²) in [5.74, 6) is -0.133. The maximum Gasteiger partial charge on any atom is 0.259 e. The minimum atomic E-state index is -0.175. The fraction of sp³-hybridized carbons (Fsp3) is 0.133. The molecule has 0 radical (unpaired) electrons. The van der Waals surface area contributed by atoms with Crippen LogP contribution < -0.4 is 4.90 Å². The van der Waals surface area contributed by atoms with E-state index >= 15 is 0 Å². The molecule has 1 aliphatic heterocycles. The Morgan fingerprint density at radius 3 is 2.84 bits per heavy atom. The molecule has 0 saturated heterocycles. The first-order chi connectivity index (χ1) is 9.16. The number of rotatable bonds is 1. The van der Waals surface area contributed by atoms with Gasteiger partial charge >= 0.3 is 0 Å². The van der Waals surface area contributed by atoms with Gasteiger partial charge in [0.2, 0.25) is 0 Å². The molecule has 1 amide bonds. The molecule has 3 nitrogen and oxygen atoms in total. The summed E-state index contributed by atoms with van der Waals surface area (Å²) < 4.78 is 0. The highest BCUT2D eigenvalue weighted by Gasteiger charge is 2.26. The van der Waals surface area contributed by atoms with Crippen molar-refractivity contribution in [2.45, 2.75) is 6.42 Å². The lowest BCUT2D eigenvalue weighted by Gasteiger charge is -2.18. The smallest absolute Gasteiger partial charge is 0.259 e. The molecule has 1 heterocycles. The second-order valence-corrected chi connectivity index (χ2v) is 4.91. The van der Waals surface area contributed by atoms with E-state index in [2.05, 4.69) is 0 Å². The Balaban J connectivity index is 2.00. The van der Waals surface area contributed by atoms with Crippen LogP contribution in [0.3, 0.4) is 0 Å². The Kier molecular flexibility index (Phi) is 2.91. The molecule has 0 fully saturated rings.